The van der Waals surface area contributed by atoms with E-state index in [1.165, 1.54) is 44.6 Å². The molecule has 2 aliphatic rings. The Morgan fingerprint density at radius 3 is 2.36 bits per heavy atom. The van der Waals surface area contributed by atoms with Gasteiger partial charge in [-0.25, -0.2) is 9.78 Å². The zero-order chi connectivity index (χ0) is 18.7. The van der Waals surface area contributed by atoms with Crippen LogP contribution in [0.15, 0.2) is 12.4 Å². The summed E-state index contributed by atoms with van der Waals surface area (Å²) in [6.45, 7) is 3.42. The van der Waals surface area contributed by atoms with E-state index >= 15 is 0 Å². The molecule has 1 aromatic rings. The number of aliphatic carboxylic acids is 1. The highest BCUT2D eigenvalue weighted by Gasteiger charge is 2.45. The Labute approximate surface area is 144 Å². The number of carboxylic acid groups (broad SMARTS) is 1. The minimum absolute atomic E-state index is 0.533. The van der Waals surface area contributed by atoms with Crippen molar-refractivity contribution in [3.05, 3.63) is 18.2 Å². The molecule has 25 heavy (non-hydrogen) atoms. The highest BCUT2D eigenvalue weighted by atomic mass is 19.4. The van der Waals surface area contributed by atoms with E-state index in [1.807, 2.05) is 19.5 Å². The number of halogens is 3. The third-order valence-electron chi connectivity index (χ3n) is 5.10. The van der Waals surface area contributed by atoms with Gasteiger partial charge in [0.2, 0.25) is 0 Å². The number of alkyl halides is 3. The van der Waals surface area contributed by atoms with Gasteiger partial charge in [-0.05, 0) is 44.2 Å². The molecule has 0 amide bonds. The molecule has 1 spiro atoms. The number of ether oxygens (including phenoxy) is 1. The van der Waals surface area contributed by atoms with Gasteiger partial charge < -0.3 is 14.4 Å². The fourth-order valence-corrected chi connectivity index (χ4v) is 3.42. The number of carbonyl (C=O) groups is 1. The Morgan fingerprint density at radius 1 is 1.40 bits per heavy atom. The van der Waals surface area contributed by atoms with Crippen LogP contribution in [0.2, 0.25) is 0 Å². The maximum atomic E-state index is 10.6. The van der Waals surface area contributed by atoms with E-state index in [0.717, 1.165) is 6.54 Å². The number of hydrogen-bond acceptors (Lipinski definition) is 4. The maximum Gasteiger partial charge on any atom is 0.490 e. The van der Waals surface area contributed by atoms with E-state index in [9.17, 15) is 13.2 Å². The third kappa shape index (κ3) is 5.18. The highest BCUT2D eigenvalue weighted by Crippen LogP contribution is 2.50. The van der Waals surface area contributed by atoms with Gasteiger partial charge in [-0.1, -0.05) is 0 Å². The summed E-state index contributed by atoms with van der Waals surface area (Å²) < 4.78 is 39.3. The Morgan fingerprint density at radius 2 is 1.96 bits per heavy atom. The molecule has 0 atom stereocenters. The van der Waals surface area contributed by atoms with Gasteiger partial charge in [-0.2, -0.15) is 13.2 Å². The number of aryl methyl sites for hydroxylation is 1. The van der Waals surface area contributed by atoms with Crippen LogP contribution in [0.3, 0.4) is 0 Å². The quantitative estimate of drug-likeness (QED) is 0.894. The van der Waals surface area contributed by atoms with Crippen LogP contribution in [0.1, 0.15) is 31.5 Å². The second kappa shape index (κ2) is 7.74. The van der Waals surface area contributed by atoms with Crippen molar-refractivity contribution in [3.63, 3.8) is 0 Å². The highest BCUT2D eigenvalue weighted by molar-refractivity contribution is 5.73. The molecule has 0 unspecified atom stereocenters. The van der Waals surface area contributed by atoms with Gasteiger partial charge in [0.1, 0.15) is 5.82 Å². The lowest BCUT2D eigenvalue weighted by atomic mass is 9.61. The zero-order valence-electron chi connectivity index (χ0n) is 14.4. The molecule has 9 heteroatoms. The molecular weight excluding hydrogens is 339 g/mol. The molecule has 1 saturated carbocycles. The molecular formula is C16H24F3N3O3. The van der Waals surface area contributed by atoms with E-state index < -0.39 is 12.1 Å². The summed E-state index contributed by atoms with van der Waals surface area (Å²) in [4.78, 5) is 15.8. The normalized spacial score (nSPS) is 20.7. The van der Waals surface area contributed by atoms with Gasteiger partial charge in [-0.15, -0.1) is 0 Å². The minimum atomic E-state index is -5.08. The minimum Gasteiger partial charge on any atom is -0.475 e. The smallest absolute Gasteiger partial charge is 0.475 e. The average molecular weight is 363 g/mol. The average Bonchev–Trinajstić information content (AvgIpc) is 2.91. The monoisotopic (exact) mass is 363 g/mol. The second-order valence-electron chi connectivity index (χ2n) is 6.80. The van der Waals surface area contributed by atoms with Crippen LogP contribution in [0, 0.1) is 5.41 Å². The Kier molecular flexibility index (Phi) is 6.10. The van der Waals surface area contributed by atoms with Gasteiger partial charge in [-0.3, -0.25) is 4.90 Å². The number of nitrogens with zero attached hydrogens (tertiary/aromatic N) is 3. The van der Waals surface area contributed by atoms with Crippen molar-refractivity contribution in [2.24, 2.45) is 12.5 Å². The maximum absolute atomic E-state index is 10.6. The van der Waals surface area contributed by atoms with Crippen LogP contribution in [0.25, 0.3) is 0 Å². The second-order valence-corrected chi connectivity index (χ2v) is 6.80. The number of piperidine rings is 1. The van der Waals surface area contributed by atoms with Crippen molar-refractivity contribution in [2.45, 2.75) is 44.5 Å². The van der Waals surface area contributed by atoms with Gasteiger partial charge in [0.15, 0.2) is 0 Å². The predicted octanol–water partition coefficient (Wildman–Crippen LogP) is 2.44. The number of imidazole rings is 1. The lowest BCUT2D eigenvalue weighted by Gasteiger charge is -2.51. The van der Waals surface area contributed by atoms with Crippen LogP contribution in [0.5, 0.6) is 0 Å². The van der Waals surface area contributed by atoms with Gasteiger partial charge in [0, 0.05) is 26.6 Å². The van der Waals surface area contributed by atoms with E-state index in [2.05, 4.69) is 21.5 Å². The number of carboxylic acids is 1. The Bertz CT molecular complexity index is 573. The third-order valence-corrected chi connectivity index (χ3v) is 5.10. The van der Waals surface area contributed by atoms with Gasteiger partial charge in [0.25, 0.3) is 0 Å². The number of likely N-dealkylation sites (tertiary alicyclic amines) is 1. The molecule has 1 aromatic heterocycles. The van der Waals surface area contributed by atoms with Crippen LogP contribution in [-0.2, 0) is 23.1 Å². The molecule has 2 fully saturated rings. The first-order chi connectivity index (χ1) is 11.6. The number of rotatable bonds is 3. The van der Waals surface area contributed by atoms with Gasteiger partial charge >= 0.3 is 12.1 Å². The van der Waals surface area contributed by atoms with Crippen molar-refractivity contribution >= 4 is 5.97 Å². The summed E-state index contributed by atoms with van der Waals surface area (Å²) in [5.74, 6) is -1.58. The molecule has 1 N–H and O–H groups in total. The van der Waals surface area contributed by atoms with Crippen molar-refractivity contribution < 1.29 is 27.8 Å². The molecule has 3 rings (SSSR count). The fraction of sp³-hybridized carbons (Fsp3) is 0.750. The van der Waals surface area contributed by atoms with Crippen LogP contribution in [-0.4, -0.2) is 58.0 Å². The lowest BCUT2D eigenvalue weighted by molar-refractivity contribution is -0.192. The van der Waals surface area contributed by atoms with Crippen LogP contribution in [0.4, 0.5) is 13.2 Å². The van der Waals surface area contributed by atoms with Crippen molar-refractivity contribution in [3.8, 4) is 0 Å². The van der Waals surface area contributed by atoms with E-state index in [1.54, 1.807) is 0 Å². The summed E-state index contributed by atoms with van der Waals surface area (Å²) in [7, 11) is 3.91. The molecule has 2 heterocycles. The first-order valence-electron chi connectivity index (χ1n) is 8.17. The molecule has 6 nitrogen and oxygen atoms in total. The summed E-state index contributed by atoms with van der Waals surface area (Å²) in [5.41, 5.74) is 0.610. The number of hydrogen-bond donors (Lipinski definition) is 1. The fourth-order valence-electron chi connectivity index (χ4n) is 3.42. The molecule has 1 saturated heterocycles. The molecule has 142 valence electrons. The van der Waals surface area contributed by atoms with E-state index in [4.69, 9.17) is 14.6 Å². The topological polar surface area (TPSA) is 67.6 Å². The number of aromatic nitrogens is 2. The van der Waals surface area contributed by atoms with E-state index in [-0.39, 0.29) is 0 Å². The largest absolute Gasteiger partial charge is 0.490 e. The summed E-state index contributed by atoms with van der Waals surface area (Å²) in [6.07, 6.45) is 4.57. The summed E-state index contributed by atoms with van der Waals surface area (Å²) in [6, 6.07) is 0. The lowest BCUT2D eigenvalue weighted by Crippen LogP contribution is -2.49. The van der Waals surface area contributed by atoms with Crippen molar-refractivity contribution in [1.29, 1.82) is 0 Å². The zero-order valence-corrected chi connectivity index (χ0v) is 14.4. The first-order valence-corrected chi connectivity index (χ1v) is 8.17. The van der Waals surface area contributed by atoms with E-state index in [0.29, 0.717) is 11.5 Å². The Hall–Kier alpha value is -1.61. The predicted molar refractivity (Wildman–Crippen MR) is 83.9 cm³/mol. The summed E-state index contributed by atoms with van der Waals surface area (Å²) in [5, 5.41) is 7.12. The number of methoxy groups -OCH3 is 1. The molecule has 1 aliphatic carbocycles. The first kappa shape index (κ1) is 19.7. The molecule has 0 aromatic carbocycles. The van der Waals surface area contributed by atoms with Gasteiger partial charge in [0.05, 0.1) is 12.6 Å². The van der Waals surface area contributed by atoms with Crippen LogP contribution >= 0.6 is 0 Å². The van der Waals surface area contributed by atoms with Crippen molar-refractivity contribution in [1.82, 2.24) is 14.5 Å². The van der Waals surface area contributed by atoms with Crippen LogP contribution < -0.4 is 0 Å². The van der Waals surface area contributed by atoms with Crippen molar-refractivity contribution in [2.75, 3.05) is 20.2 Å². The molecule has 0 bridgehead atoms. The Balaban J connectivity index is 0.000000277. The standard InChI is InChI=1S/C14H23N3O.C2HF3O2/c1-16-8-5-15-13(16)11-17-6-3-14(4-7-17)9-12(10-14)18-2;3-2(4,5)1(6)7/h5,8,12H,3-4,6-7,9-11H2,1-2H3;(H,6,7). The SMILES string of the molecule is COC1CC2(CCN(Cc3nccn3C)CC2)C1.O=C(O)C(F)(F)F. The summed E-state index contributed by atoms with van der Waals surface area (Å²) >= 11 is 0. The molecule has 1 aliphatic heterocycles. The molecule has 0 radical (unpaired) electrons.